The van der Waals surface area contributed by atoms with Crippen LogP contribution in [0.1, 0.15) is 30.1 Å². The number of aliphatic hydroxyl groups is 1. The molecule has 0 radical (unpaired) electrons. The average molecular weight is 535 g/mol. The number of benzene rings is 2. The second-order valence-electron chi connectivity index (χ2n) is 8.50. The molecule has 0 amide bonds. The molecule has 2 aromatic carbocycles. The van der Waals surface area contributed by atoms with Crippen LogP contribution in [0.15, 0.2) is 41.3 Å². The van der Waals surface area contributed by atoms with Crippen LogP contribution in [0.4, 0.5) is 18.9 Å². The molecule has 0 bridgehead atoms. The van der Waals surface area contributed by atoms with E-state index in [1.165, 1.54) is 13.2 Å². The maximum atomic E-state index is 13.5. The lowest BCUT2D eigenvalue weighted by Crippen LogP contribution is -2.43. The summed E-state index contributed by atoms with van der Waals surface area (Å²) >= 11 is 6.40. The molecule has 0 saturated carbocycles. The highest BCUT2D eigenvalue weighted by molar-refractivity contribution is 7.89. The summed E-state index contributed by atoms with van der Waals surface area (Å²) in [6.45, 7) is 0.566. The first-order valence-electron chi connectivity index (χ1n) is 11.1. The lowest BCUT2D eigenvalue weighted by Gasteiger charge is -2.37. The number of piperidine rings is 1. The molecule has 2 unspecified atom stereocenters. The van der Waals surface area contributed by atoms with E-state index in [0.717, 1.165) is 10.4 Å². The van der Waals surface area contributed by atoms with Gasteiger partial charge in [-0.1, -0.05) is 17.7 Å². The fourth-order valence-electron chi connectivity index (χ4n) is 4.49. The molecule has 0 aliphatic carbocycles. The molecule has 2 aliphatic rings. The van der Waals surface area contributed by atoms with E-state index in [1.54, 1.807) is 23.1 Å². The van der Waals surface area contributed by atoms with Gasteiger partial charge in [-0.05, 0) is 43.2 Å². The van der Waals surface area contributed by atoms with Crippen LogP contribution < -0.4 is 9.64 Å². The molecule has 192 valence electrons. The first kappa shape index (κ1) is 26.0. The number of ether oxygens (including phenoxy) is 2. The first-order chi connectivity index (χ1) is 16.5. The maximum absolute atomic E-state index is 13.5. The van der Waals surface area contributed by atoms with E-state index in [-0.39, 0.29) is 38.5 Å². The molecule has 1 N–H and O–H groups in total. The Balaban J connectivity index is 1.75. The van der Waals surface area contributed by atoms with Crippen LogP contribution in [-0.2, 0) is 20.9 Å². The highest BCUT2D eigenvalue weighted by Crippen LogP contribution is 2.40. The summed E-state index contributed by atoms with van der Waals surface area (Å²) < 4.78 is 80.0. The van der Waals surface area contributed by atoms with Crippen LogP contribution in [0.3, 0.4) is 0 Å². The van der Waals surface area contributed by atoms with Crippen molar-refractivity contribution < 1.29 is 36.2 Å². The molecular formula is C23H26ClF3N2O5S. The van der Waals surface area contributed by atoms with E-state index in [1.807, 2.05) is 0 Å². The van der Waals surface area contributed by atoms with E-state index in [4.69, 9.17) is 21.1 Å². The van der Waals surface area contributed by atoms with Crippen molar-refractivity contribution in [1.29, 1.82) is 0 Å². The van der Waals surface area contributed by atoms with Crippen molar-refractivity contribution in [2.45, 2.75) is 36.1 Å². The van der Waals surface area contributed by atoms with Crippen molar-refractivity contribution in [1.82, 2.24) is 4.31 Å². The number of hydrogen-bond acceptors (Lipinski definition) is 6. The number of halogens is 4. The van der Waals surface area contributed by atoms with Gasteiger partial charge in [0.05, 0.1) is 36.1 Å². The predicted octanol–water partition coefficient (Wildman–Crippen LogP) is 4.09. The molecule has 2 fully saturated rings. The lowest BCUT2D eigenvalue weighted by molar-refractivity contribution is -0.137. The number of β-amino-alcohol motifs (C(OH)–C–C–N with tert-alkyl or cyclic N) is 1. The highest BCUT2D eigenvalue weighted by Gasteiger charge is 2.38. The number of alkyl halides is 3. The normalized spacial score (nSPS) is 22.3. The SMILES string of the molecule is COc1cccc(Cl)c1C1CN(c2ccc(C(F)(F)F)cc2S(=O)(=O)N2CCCC(O)C2)CCO1. The Hall–Kier alpha value is -2.05. The number of anilines is 1. The number of aliphatic hydroxyl groups excluding tert-OH is 1. The average Bonchev–Trinajstić information content (AvgIpc) is 2.83. The third-order valence-corrected chi connectivity index (χ3v) is 8.45. The highest BCUT2D eigenvalue weighted by atomic mass is 35.5. The summed E-state index contributed by atoms with van der Waals surface area (Å²) in [5.41, 5.74) is -0.343. The van der Waals surface area contributed by atoms with Crippen molar-refractivity contribution in [2.75, 3.05) is 44.8 Å². The van der Waals surface area contributed by atoms with Crippen molar-refractivity contribution in [3.63, 3.8) is 0 Å². The van der Waals surface area contributed by atoms with Crippen LogP contribution in [0.5, 0.6) is 5.75 Å². The quantitative estimate of drug-likeness (QED) is 0.622. The number of nitrogens with zero attached hydrogens (tertiary/aromatic N) is 2. The first-order valence-corrected chi connectivity index (χ1v) is 12.9. The molecule has 35 heavy (non-hydrogen) atoms. The van der Waals surface area contributed by atoms with Crippen molar-refractivity contribution in [3.05, 3.63) is 52.5 Å². The van der Waals surface area contributed by atoms with E-state index < -0.39 is 38.9 Å². The molecule has 12 heteroatoms. The molecule has 0 spiro atoms. The van der Waals surface area contributed by atoms with Gasteiger partial charge >= 0.3 is 6.18 Å². The Kier molecular flexibility index (Phi) is 7.54. The third kappa shape index (κ3) is 5.39. The number of morpholine rings is 1. The van der Waals surface area contributed by atoms with Gasteiger partial charge in [-0.3, -0.25) is 0 Å². The Labute approximate surface area is 207 Å². The largest absolute Gasteiger partial charge is 0.496 e. The van der Waals surface area contributed by atoms with Crippen molar-refractivity contribution in [2.24, 2.45) is 0 Å². The molecular weight excluding hydrogens is 509 g/mol. The van der Waals surface area contributed by atoms with Gasteiger partial charge in [0.2, 0.25) is 10.0 Å². The Morgan fingerprint density at radius 2 is 1.94 bits per heavy atom. The topological polar surface area (TPSA) is 79.3 Å². The molecule has 4 rings (SSSR count). The van der Waals surface area contributed by atoms with E-state index >= 15 is 0 Å². The van der Waals surface area contributed by atoms with Gasteiger partial charge < -0.3 is 19.5 Å². The number of rotatable bonds is 5. The molecule has 7 nitrogen and oxygen atoms in total. The summed E-state index contributed by atoms with van der Waals surface area (Å²) in [7, 11) is -2.83. The minimum absolute atomic E-state index is 0.123. The smallest absolute Gasteiger partial charge is 0.416 e. The zero-order valence-electron chi connectivity index (χ0n) is 19.0. The zero-order valence-corrected chi connectivity index (χ0v) is 20.5. The van der Waals surface area contributed by atoms with Gasteiger partial charge in [-0.2, -0.15) is 17.5 Å². The van der Waals surface area contributed by atoms with Gasteiger partial charge in [0.1, 0.15) is 16.7 Å². The summed E-state index contributed by atoms with van der Waals surface area (Å²) in [6, 6.07) is 7.85. The Morgan fingerprint density at radius 1 is 1.17 bits per heavy atom. The second-order valence-corrected chi connectivity index (χ2v) is 10.8. The van der Waals surface area contributed by atoms with E-state index in [0.29, 0.717) is 35.2 Å². The van der Waals surface area contributed by atoms with E-state index in [9.17, 15) is 26.7 Å². The molecule has 0 aromatic heterocycles. The van der Waals surface area contributed by atoms with Crippen LogP contribution in [-0.4, -0.2) is 63.8 Å². The summed E-state index contributed by atoms with van der Waals surface area (Å²) in [5.74, 6) is 0.493. The van der Waals surface area contributed by atoms with Gasteiger partial charge in [0, 0.05) is 31.7 Å². The van der Waals surface area contributed by atoms with E-state index in [2.05, 4.69) is 0 Å². The summed E-state index contributed by atoms with van der Waals surface area (Å²) in [6.07, 6.45) is -5.33. The van der Waals surface area contributed by atoms with Crippen LogP contribution in [0.2, 0.25) is 5.02 Å². The van der Waals surface area contributed by atoms with Gasteiger partial charge in [-0.15, -0.1) is 0 Å². The fourth-order valence-corrected chi connectivity index (χ4v) is 6.53. The molecule has 2 aromatic rings. The number of methoxy groups -OCH3 is 1. The van der Waals surface area contributed by atoms with Crippen LogP contribution >= 0.6 is 11.6 Å². The fraction of sp³-hybridized carbons (Fsp3) is 0.478. The van der Waals surface area contributed by atoms with Gasteiger partial charge in [0.25, 0.3) is 0 Å². The van der Waals surface area contributed by atoms with Crippen LogP contribution in [0.25, 0.3) is 0 Å². The Bertz CT molecular complexity index is 1180. The molecule has 2 atom stereocenters. The monoisotopic (exact) mass is 534 g/mol. The van der Waals surface area contributed by atoms with Crippen LogP contribution in [0, 0.1) is 0 Å². The van der Waals surface area contributed by atoms with Crippen molar-refractivity contribution >= 4 is 27.3 Å². The number of sulfonamides is 1. The number of hydrogen-bond donors (Lipinski definition) is 1. The maximum Gasteiger partial charge on any atom is 0.416 e. The second kappa shape index (κ2) is 10.1. The zero-order chi connectivity index (χ0) is 25.4. The minimum atomic E-state index is -4.72. The van der Waals surface area contributed by atoms with Gasteiger partial charge in [0.15, 0.2) is 0 Å². The predicted molar refractivity (Wildman–Crippen MR) is 124 cm³/mol. The summed E-state index contributed by atoms with van der Waals surface area (Å²) in [5, 5.41) is 10.4. The van der Waals surface area contributed by atoms with Crippen molar-refractivity contribution in [3.8, 4) is 5.75 Å². The third-order valence-electron chi connectivity index (χ3n) is 6.23. The molecule has 2 saturated heterocycles. The standard InChI is InChI=1S/C23H26ClF3N2O5S/c1-33-19-6-2-5-17(24)22(19)20-14-28(10-11-34-20)18-8-7-15(23(25,26)27)12-21(18)35(31,32)29-9-3-4-16(30)13-29/h2,5-8,12,16,20,30H,3-4,9-11,13-14H2,1H3. The lowest BCUT2D eigenvalue weighted by atomic mass is 10.1. The Morgan fingerprint density at radius 3 is 2.63 bits per heavy atom. The summed E-state index contributed by atoms with van der Waals surface area (Å²) in [4.78, 5) is 1.23. The molecule has 2 heterocycles. The molecule has 2 aliphatic heterocycles. The minimum Gasteiger partial charge on any atom is -0.496 e. The van der Waals surface area contributed by atoms with Gasteiger partial charge in [-0.25, -0.2) is 8.42 Å².